The number of oxazole rings is 1. The van der Waals surface area contributed by atoms with Gasteiger partial charge in [-0.1, -0.05) is 5.16 Å². The van der Waals surface area contributed by atoms with Crippen LogP contribution in [0.4, 0.5) is 13.2 Å². The van der Waals surface area contributed by atoms with Crippen molar-refractivity contribution in [2.45, 2.75) is 37.8 Å². The average molecular weight is 429 g/mol. The first kappa shape index (κ1) is 20.8. The number of nitrogens with one attached hydrogen (secondary N) is 1. The van der Waals surface area contributed by atoms with Crippen molar-refractivity contribution in [3.63, 3.8) is 0 Å². The molecule has 4 aliphatic rings. The minimum Gasteiger partial charge on any atom is -0.475 e. The number of carboxylic acids is 1. The summed E-state index contributed by atoms with van der Waals surface area (Å²) >= 11 is 0. The normalized spacial score (nSPS) is 26.1. The highest BCUT2D eigenvalue weighted by atomic mass is 19.4. The van der Waals surface area contributed by atoms with Gasteiger partial charge in [-0.15, -0.1) is 0 Å². The van der Waals surface area contributed by atoms with Crippen LogP contribution in [0.15, 0.2) is 8.94 Å². The van der Waals surface area contributed by atoms with Gasteiger partial charge in [0.15, 0.2) is 11.5 Å². The number of piperidine rings is 3. The monoisotopic (exact) mass is 429 g/mol. The zero-order chi connectivity index (χ0) is 21.5. The Labute approximate surface area is 169 Å². The molecule has 4 fully saturated rings. The number of hydrogen-bond acceptors (Lipinski definition) is 8. The van der Waals surface area contributed by atoms with E-state index < -0.39 is 12.1 Å². The molecule has 164 valence electrons. The van der Waals surface area contributed by atoms with E-state index in [2.05, 4.69) is 25.3 Å². The van der Waals surface area contributed by atoms with Crippen LogP contribution in [0.2, 0.25) is 0 Å². The third kappa shape index (κ3) is 4.19. The predicted octanol–water partition coefficient (Wildman–Crippen LogP) is 2.16. The summed E-state index contributed by atoms with van der Waals surface area (Å²) in [6, 6.07) is 0. The zero-order valence-electron chi connectivity index (χ0n) is 16.3. The Kier molecular flexibility index (Phi) is 5.53. The number of hydrogen-bond donors (Lipinski definition) is 2. The molecule has 0 aliphatic carbocycles. The second kappa shape index (κ2) is 7.99. The van der Waals surface area contributed by atoms with Crippen LogP contribution in [-0.2, 0) is 4.79 Å². The number of fused-ring (bicyclic) bond motifs is 3. The lowest BCUT2D eigenvalue weighted by atomic mass is 9.79. The largest absolute Gasteiger partial charge is 0.490 e. The van der Waals surface area contributed by atoms with Crippen molar-refractivity contribution in [3.05, 3.63) is 17.5 Å². The van der Waals surface area contributed by atoms with E-state index >= 15 is 0 Å². The molecule has 6 rings (SSSR count). The Balaban J connectivity index is 0.000000272. The molecule has 2 aromatic rings. The summed E-state index contributed by atoms with van der Waals surface area (Å²) in [5, 5.41) is 14.6. The maximum atomic E-state index is 10.6. The quantitative estimate of drug-likeness (QED) is 0.757. The van der Waals surface area contributed by atoms with Crippen LogP contribution in [0.1, 0.15) is 42.2 Å². The molecule has 9 nitrogen and oxygen atoms in total. The van der Waals surface area contributed by atoms with Gasteiger partial charge in [0.1, 0.15) is 5.76 Å². The molecule has 0 radical (unpaired) electrons. The minimum atomic E-state index is -5.08. The number of nitrogens with zero attached hydrogens (tertiary/aromatic N) is 4. The molecule has 4 saturated heterocycles. The van der Waals surface area contributed by atoms with Crippen molar-refractivity contribution < 1.29 is 32.0 Å². The zero-order valence-corrected chi connectivity index (χ0v) is 16.3. The fourth-order valence-electron chi connectivity index (χ4n) is 3.99. The van der Waals surface area contributed by atoms with Crippen LogP contribution in [0.3, 0.4) is 0 Å². The summed E-state index contributed by atoms with van der Waals surface area (Å²) in [5.74, 6) is 1.58. The van der Waals surface area contributed by atoms with Crippen LogP contribution in [0.25, 0.3) is 11.6 Å². The van der Waals surface area contributed by atoms with Crippen molar-refractivity contribution in [2.75, 3.05) is 32.7 Å². The Morgan fingerprint density at radius 3 is 2.40 bits per heavy atom. The summed E-state index contributed by atoms with van der Waals surface area (Å²) in [4.78, 5) is 20.7. The van der Waals surface area contributed by atoms with Gasteiger partial charge < -0.3 is 24.3 Å². The highest BCUT2D eigenvalue weighted by Crippen LogP contribution is 2.38. The first-order valence-corrected chi connectivity index (χ1v) is 9.77. The first-order chi connectivity index (χ1) is 14.2. The Morgan fingerprint density at radius 2 is 1.90 bits per heavy atom. The maximum Gasteiger partial charge on any atom is 0.490 e. The number of alkyl halides is 3. The lowest BCUT2D eigenvalue weighted by Crippen LogP contribution is -2.46. The van der Waals surface area contributed by atoms with Crippen molar-refractivity contribution >= 4 is 5.97 Å². The smallest absolute Gasteiger partial charge is 0.475 e. The van der Waals surface area contributed by atoms with E-state index in [1.165, 1.54) is 25.9 Å². The van der Waals surface area contributed by atoms with Crippen LogP contribution in [0.5, 0.6) is 0 Å². The van der Waals surface area contributed by atoms with E-state index in [4.69, 9.17) is 18.8 Å². The predicted molar refractivity (Wildman–Crippen MR) is 95.7 cm³/mol. The Bertz CT molecular complexity index is 900. The third-order valence-corrected chi connectivity index (χ3v) is 5.82. The third-order valence-electron chi connectivity index (χ3n) is 5.82. The summed E-state index contributed by atoms with van der Waals surface area (Å²) < 4.78 is 43.0. The van der Waals surface area contributed by atoms with Gasteiger partial charge in [-0.05, 0) is 38.8 Å². The molecule has 1 atom stereocenters. The molecule has 1 unspecified atom stereocenters. The van der Waals surface area contributed by atoms with Crippen molar-refractivity contribution in [3.8, 4) is 11.6 Å². The molecule has 2 bridgehead atoms. The van der Waals surface area contributed by atoms with Crippen molar-refractivity contribution in [1.29, 1.82) is 0 Å². The molecule has 2 N–H and O–H groups in total. The van der Waals surface area contributed by atoms with Crippen molar-refractivity contribution in [2.24, 2.45) is 5.92 Å². The molecule has 12 heteroatoms. The molecule has 0 amide bonds. The molecule has 30 heavy (non-hydrogen) atoms. The summed E-state index contributed by atoms with van der Waals surface area (Å²) in [6.45, 7) is 7.25. The highest BCUT2D eigenvalue weighted by Gasteiger charge is 2.39. The molecular weight excluding hydrogens is 407 g/mol. The molecule has 0 spiro atoms. The molecule has 0 saturated carbocycles. The Morgan fingerprint density at radius 1 is 1.23 bits per heavy atom. The molecular formula is C18H22F3N5O4. The van der Waals surface area contributed by atoms with E-state index in [0.29, 0.717) is 29.3 Å². The van der Waals surface area contributed by atoms with Gasteiger partial charge >= 0.3 is 12.1 Å². The lowest BCUT2D eigenvalue weighted by Gasteiger charge is -2.43. The van der Waals surface area contributed by atoms with Gasteiger partial charge in [0.25, 0.3) is 5.89 Å². The topological polar surface area (TPSA) is 118 Å². The Hall–Kier alpha value is -2.47. The van der Waals surface area contributed by atoms with E-state index in [1.807, 2.05) is 6.92 Å². The van der Waals surface area contributed by atoms with Gasteiger partial charge in [0.05, 0.1) is 5.92 Å². The van der Waals surface area contributed by atoms with Crippen LogP contribution < -0.4 is 5.32 Å². The van der Waals surface area contributed by atoms with Gasteiger partial charge in [-0.3, -0.25) is 0 Å². The van der Waals surface area contributed by atoms with Crippen molar-refractivity contribution in [1.82, 2.24) is 25.3 Å². The molecule has 2 aromatic heterocycles. The molecule has 6 heterocycles. The lowest BCUT2D eigenvalue weighted by molar-refractivity contribution is -0.192. The molecule has 4 aliphatic heterocycles. The number of aromatic nitrogens is 3. The van der Waals surface area contributed by atoms with Crippen LogP contribution in [0, 0.1) is 12.8 Å². The standard InChI is InChI=1S/C16H21N5O2.C2HF3O2/c1-9-13(18-15(22-9)11-6-17-7-11)16-19-14(20-23-16)12-8-21-4-2-10(12)3-5-21;3-2(4,5)1(6)7/h10-12,17H,2-8H2,1H3;(H,6,7). The summed E-state index contributed by atoms with van der Waals surface area (Å²) in [7, 11) is 0. The average Bonchev–Trinajstić information content (AvgIpc) is 3.28. The number of aryl methyl sites for hydroxylation is 1. The van der Waals surface area contributed by atoms with Gasteiger partial charge in [-0.2, -0.15) is 18.2 Å². The van der Waals surface area contributed by atoms with Crippen LogP contribution >= 0.6 is 0 Å². The second-order valence-corrected chi connectivity index (χ2v) is 7.82. The van der Waals surface area contributed by atoms with Gasteiger partial charge in [-0.25, -0.2) is 9.78 Å². The highest BCUT2D eigenvalue weighted by molar-refractivity contribution is 5.73. The van der Waals surface area contributed by atoms with E-state index in [0.717, 1.165) is 37.1 Å². The molecule has 0 aromatic carbocycles. The van der Waals surface area contributed by atoms with E-state index in [-0.39, 0.29) is 0 Å². The van der Waals surface area contributed by atoms with Gasteiger partial charge in [0, 0.05) is 25.6 Å². The fourth-order valence-corrected chi connectivity index (χ4v) is 3.99. The minimum absolute atomic E-state index is 0.367. The SMILES string of the molecule is Cc1oc(C2CNC2)nc1-c1nc(C2CN3CCC2CC3)no1.O=C(O)C(F)(F)F. The summed E-state index contributed by atoms with van der Waals surface area (Å²) in [5.41, 5.74) is 0.701. The number of carboxylic acid groups (broad SMARTS) is 1. The number of halogens is 3. The maximum absolute atomic E-state index is 10.6. The first-order valence-electron chi connectivity index (χ1n) is 9.77. The number of rotatable bonds is 3. The number of carbonyl (C=O) groups is 1. The second-order valence-electron chi connectivity index (χ2n) is 7.82. The number of aliphatic carboxylic acids is 1. The van der Waals surface area contributed by atoms with E-state index in [1.54, 1.807) is 0 Å². The fraction of sp³-hybridized carbons (Fsp3) is 0.667. The summed E-state index contributed by atoms with van der Waals surface area (Å²) in [6.07, 6.45) is -2.59. The van der Waals surface area contributed by atoms with Gasteiger partial charge in [0.2, 0.25) is 5.89 Å². The van der Waals surface area contributed by atoms with Crippen LogP contribution in [-0.4, -0.2) is 70.0 Å². The van der Waals surface area contributed by atoms with E-state index in [9.17, 15) is 13.2 Å².